The number of carboxylic acid groups (broad SMARTS) is 1. The first-order valence-corrected chi connectivity index (χ1v) is 5.47. The number of nitrogens with zero attached hydrogens (tertiary/aromatic N) is 1. The quantitative estimate of drug-likeness (QED) is 0.897. The molecule has 0 aliphatic carbocycles. The third-order valence-corrected chi connectivity index (χ3v) is 2.68. The van der Waals surface area contributed by atoms with Gasteiger partial charge in [-0.05, 0) is 31.5 Å². The van der Waals surface area contributed by atoms with Gasteiger partial charge in [0.1, 0.15) is 17.1 Å². The van der Waals surface area contributed by atoms with Crippen molar-refractivity contribution in [2.45, 2.75) is 20.4 Å². The highest BCUT2D eigenvalue weighted by molar-refractivity contribution is 5.88. The number of pyridine rings is 1. The van der Waals surface area contributed by atoms with Crippen molar-refractivity contribution < 1.29 is 14.3 Å². The molecule has 18 heavy (non-hydrogen) atoms. The lowest BCUT2D eigenvalue weighted by Gasteiger charge is -2.02. The Balaban J connectivity index is 2.32. The molecular weight excluding hydrogens is 234 g/mol. The van der Waals surface area contributed by atoms with Gasteiger partial charge in [0, 0.05) is 12.3 Å². The highest BCUT2D eigenvalue weighted by atomic mass is 16.4. The fourth-order valence-electron chi connectivity index (χ4n) is 1.74. The van der Waals surface area contributed by atoms with Crippen LogP contribution in [0.2, 0.25) is 0 Å². The predicted molar refractivity (Wildman–Crippen MR) is 64.9 cm³/mol. The zero-order chi connectivity index (χ0) is 13.3. The Hall–Kier alpha value is -2.30. The van der Waals surface area contributed by atoms with Gasteiger partial charge < -0.3 is 14.1 Å². The lowest BCUT2D eigenvalue weighted by molar-refractivity contribution is 0.0695. The molecule has 94 valence electrons. The van der Waals surface area contributed by atoms with Crippen LogP contribution in [0.5, 0.6) is 0 Å². The number of aromatic carboxylic acids is 1. The Morgan fingerprint density at radius 2 is 2.11 bits per heavy atom. The van der Waals surface area contributed by atoms with E-state index in [-0.39, 0.29) is 17.7 Å². The molecule has 0 amide bonds. The van der Waals surface area contributed by atoms with E-state index in [1.165, 1.54) is 16.7 Å². The third kappa shape index (κ3) is 2.34. The van der Waals surface area contributed by atoms with E-state index in [0.29, 0.717) is 11.5 Å². The Bertz CT molecular complexity index is 651. The molecule has 2 aromatic rings. The van der Waals surface area contributed by atoms with Crippen molar-refractivity contribution in [2.24, 2.45) is 0 Å². The van der Waals surface area contributed by atoms with Crippen molar-refractivity contribution in [3.8, 4) is 0 Å². The van der Waals surface area contributed by atoms with Gasteiger partial charge in [-0.25, -0.2) is 4.79 Å². The standard InChI is InChI=1S/C13H13NO4/c1-8-3-4-14(12(15)5-8)7-10-6-11(13(16)17)9(2)18-10/h3-6H,7H2,1-2H3,(H,16,17). The van der Waals surface area contributed by atoms with Crippen LogP contribution in [0.1, 0.15) is 27.4 Å². The molecule has 0 bridgehead atoms. The van der Waals surface area contributed by atoms with Crippen LogP contribution in [0.15, 0.2) is 33.6 Å². The van der Waals surface area contributed by atoms with Crippen LogP contribution in [0.3, 0.4) is 0 Å². The van der Waals surface area contributed by atoms with Crippen molar-refractivity contribution in [3.05, 3.63) is 57.4 Å². The first-order valence-electron chi connectivity index (χ1n) is 5.47. The zero-order valence-corrected chi connectivity index (χ0v) is 10.1. The molecule has 2 rings (SSSR count). The molecule has 1 N–H and O–H groups in total. The van der Waals surface area contributed by atoms with Gasteiger partial charge in [-0.2, -0.15) is 0 Å². The molecule has 0 spiro atoms. The molecule has 0 fully saturated rings. The molecular formula is C13H13NO4. The summed E-state index contributed by atoms with van der Waals surface area (Å²) < 4.78 is 6.79. The van der Waals surface area contributed by atoms with E-state index < -0.39 is 5.97 Å². The maximum atomic E-state index is 11.7. The molecule has 5 heteroatoms. The molecule has 2 heterocycles. The number of carbonyl (C=O) groups is 1. The zero-order valence-electron chi connectivity index (χ0n) is 10.1. The SMILES string of the molecule is Cc1ccn(Cc2cc(C(=O)O)c(C)o2)c(=O)c1. The van der Waals surface area contributed by atoms with Gasteiger partial charge in [0.05, 0.1) is 6.54 Å². The number of furan rings is 1. The molecule has 0 aromatic carbocycles. The van der Waals surface area contributed by atoms with Crippen molar-refractivity contribution in [2.75, 3.05) is 0 Å². The minimum Gasteiger partial charge on any atom is -0.478 e. The van der Waals surface area contributed by atoms with Crippen molar-refractivity contribution in [1.29, 1.82) is 0 Å². The molecule has 0 aliphatic rings. The van der Waals surface area contributed by atoms with Gasteiger partial charge in [0.25, 0.3) is 5.56 Å². The predicted octanol–water partition coefficient (Wildman–Crippen LogP) is 1.80. The average molecular weight is 247 g/mol. The number of rotatable bonds is 3. The number of aryl methyl sites for hydroxylation is 2. The summed E-state index contributed by atoms with van der Waals surface area (Å²) in [4.78, 5) is 22.5. The molecule has 5 nitrogen and oxygen atoms in total. The molecule has 2 aromatic heterocycles. The Morgan fingerprint density at radius 1 is 1.39 bits per heavy atom. The number of hydrogen-bond acceptors (Lipinski definition) is 3. The monoisotopic (exact) mass is 247 g/mol. The Morgan fingerprint density at radius 3 is 2.67 bits per heavy atom. The molecule has 0 atom stereocenters. The molecule has 0 aliphatic heterocycles. The van der Waals surface area contributed by atoms with Crippen LogP contribution in [0.4, 0.5) is 0 Å². The second-order valence-corrected chi connectivity index (χ2v) is 4.16. The van der Waals surface area contributed by atoms with Gasteiger partial charge in [0.15, 0.2) is 0 Å². The minimum atomic E-state index is -1.03. The number of hydrogen-bond donors (Lipinski definition) is 1. The van der Waals surface area contributed by atoms with E-state index >= 15 is 0 Å². The van der Waals surface area contributed by atoms with Crippen LogP contribution in [-0.2, 0) is 6.54 Å². The van der Waals surface area contributed by atoms with Crippen LogP contribution in [0.25, 0.3) is 0 Å². The highest BCUT2D eigenvalue weighted by Gasteiger charge is 2.13. The van der Waals surface area contributed by atoms with E-state index in [2.05, 4.69) is 0 Å². The van der Waals surface area contributed by atoms with Crippen molar-refractivity contribution in [1.82, 2.24) is 4.57 Å². The van der Waals surface area contributed by atoms with Crippen LogP contribution < -0.4 is 5.56 Å². The van der Waals surface area contributed by atoms with Crippen LogP contribution >= 0.6 is 0 Å². The fraction of sp³-hybridized carbons (Fsp3) is 0.231. The number of carboxylic acids is 1. The number of aromatic nitrogens is 1. The van der Waals surface area contributed by atoms with Crippen LogP contribution in [0, 0.1) is 13.8 Å². The van der Waals surface area contributed by atoms with E-state index in [0.717, 1.165) is 5.56 Å². The Kier molecular flexibility index (Phi) is 3.06. The molecule has 0 saturated heterocycles. The summed E-state index contributed by atoms with van der Waals surface area (Å²) in [5.74, 6) is -0.229. The van der Waals surface area contributed by atoms with Crippen molar-refractivity contribution in [3.63, 3.8) is 0 Å². The third-order valence-electron chi connectivity index (χ3n) is 2.68. The summed E-state index contributed by atoms with van der Waals surface area (Å²) in [6.45, 7) is 3.66. The lowest BCUT2D eigenvalue weighted by atomic mass is 10.2. The van der Waals surface area contributed by atoms with Gasteiger partial charge >= 0.3 is 5.97 Å². The maximum Gasteiger partial charge on any atom is 0.339 e. The van der Waals surface area contributed by atoms with Gasteiger partial charge in [-0.3, -0.25) is 4.79 Å². The second-order valence-electron chi connectivity index (χ2n) is 4.16. The summed E-state index contributed by atoms with van der Waals surface area (Å²) in [5, 5.41) is 8.91. The average Bonchev–Trinajstić information content (AvgIpc) is 2.64. The summed E-state index contributed by atoms with van der Waals surface area (Å²) in [6.07, 6.45) is 1.66. The van der Waals surface area contributed by atoms with Gasteiger partial charge in [-0.15, -0.1) is 0 Å². The fourth-order valence-corrected chi connectivity index (χ4v) is 1.74. The molecule has 0 radical (unpaired) electrons. The summed E-state index contributed by atoms with van der Waals surface area (Å²) in [5.41, 5.74) is 0.879. The summed E-state index contributed by atoms with van der Waals surface area (Å²) >= 11 is 0. The van der Waals surface area contributed by atoms with Crippen LogP contribution in [-0.4, -0.2) is 15.6 Å². The first-order chi connectivity index (χ1) is 8.47. The van der Waals surface area contributed by atoms with Gasteiger partial charge in [0.2, 0.25) is 0 Å². The smallest absolute Gasteiger partial charge is 0.339 e. The lowest BCUT2D eigenvalue weighted by Crippen LogP contribution is -2.18. The van der Waals surface area contributed by atoms with E-state index in [4.69, 9.17) is 9.52 Å². The summed E-state index contributed by atoms with van der Waals surface area (Å²) in [7, 11) is 0. The Labute approximate surface area is 103 Å². The molecule has 0 unspecified atom stereocenters. The topological polar surface area (TPSA) is 72.4 Å². The van der Waals surface area contributed by atoms with E-state index in [1.54, 1.807) is 13.1 Å². The maximum absolute atomic E-state index is 11.7. The minimum absolute atomic E-state index is 0.130. The second kappa shape index (κ2) is 4.52. The normalized spacial score (nSPS) is 10.6. The summed E-state index contributed by atoms with van der Waals surface area (Å²) in [6, 6.07) is 4.78. The highest BCUT2D eigenvalue weighted by Crippen LogP contribution is 2.15. The van der Waals surface area contributed by atoms with E-state index in [9.17, 15) is 9.59 Å². The first kappa shape index (κ1) is 12.2. The van der Waals surface area contributed by atoms with E-state index in [1.807, 2.05) is 13.0 Å². The largest absolute Gasteiger partial charge is 0.478 e. The van der Waals surface area contributed by atoms with Crippen molar-refractivity contribution >= 4 is 5.97 Å². The van der Waals surface area contributed by atoms with Gasteiger partial charge in [-0.1, -0.05) is 0 Å². The molecule has 0 saturated carbocycles.